The first kappa shape index (κ1) is 53.5. The zero-order chi connectivity index (χ0) is 50.2. The number of aliphatic hydroxyl groups excluding tert-OH is 2. The maximum absolute atomic E-state index is 14.6. The van der Waals surface area contributed by atoms with Gasteiger partial charge in [-0.05, 0) is 105 Å². The molecule has 0 spiro atoms. The lowest BCUT2D eigenvalue weighted by Gasteiger charge is -2.49. The highest BCUT2D eigenvalue weighted by Crippen LogP contribution is 2.48. The Bertz CT molecular complexity index is 1720. The summed E-state index contributed by atoms with van der Waals surface area (Å²) >= 11 is 7.52. The van der Waals surface area contributed by atoms with Gasteiger partial charge in [-0.1, -0.05) is 68.5 Å². The zero-order valence-electron chi connectivity index (χ0n) is 42.6. The Morgan fingerprint density at radius 2 is 1.63 bits per heavy atom. The Morgan fingerprint density at radius 1 is 0.985 bits per heavy atom. The van der Waals surface area contributed by atoms with Gasteiger partial charge in [-0.3, -0.25) is 4.79 Å². The molecule has 4 N–H and O–H groups in total. The summed E-state index contributed by atoms with van der Waals surface area (Å²) in [5, 5.41) is 47.2. The second-order valence-electron chi connectivity index (χ2n) is 18.8. The third-order valence-corrected chi connectivity index (χ3v) is 16.4. The van der Waals surface area contributed by atoms with E-state index in [1.54, 1.807) is 47.8 Å². The lowest BCUT2D eigenvalue weighted by molar-refractivity contribution is -0.315. The van der Waals surface area contributed by atoms with Crippen LogP contribution in [0.15, 0.2) is 39.2 Å². The summed E-state index contributed by atoms with van der Waals surface area (Å²) in [6.45, 7) is 17.5. The number of aliphatic hydroxyl groups is 4. The molecule has 15 nitrogen and oxygen atoms in total. The number of carbonyl (C=O) groups is 1. The number of carbonyl (C=O) groups excluding carboxylic acids is 1. The van der Waals surface area contributed by atoms with Crippen LogP contribution < -0.4 is 0 Å². The van der Waals surface area contributed by atoms with Crippen molar-refractivity contribution in [2.45, 2.75) is 194 Å². The number of hydrogen-bond acceptors (Lipinski definition) is 19. The molecule has 0 aliphatic carbocycles. The minimum Gasteiger partial charge on any atom is -0.459 e. The van der Waals surface area contributed by atoms with E-state index in [0.717, 1.165) is 21.8 Å². The first-order valence-corrected chi connectivity index (χ1v) is 26.1. The average Bonchev–Trinajstić information content (AvgIpc) is 3.70. The molecule has 0 bridgehead atoms. The summed E-state index contributed by atoms with van der Waals surface area (Å²) in [4.78, 5) is 25.0. The third kappa shape index (κ3) is 13.3. The van der Waals surface area contributed by atoms with Gasteiger partial charge in [0.2, 0.25) is 6.20 Å². The summed E-state index contributed by atoms with van der Waals surface area (Å²) in [6, 6.07) is 7.76. The zero-order valence-corrected chi connectivity index (χ0v) is 43.9. The van der Waals surface area contributed by atoms with Crippen molar-refractivity contribution in [3.63, 3.8) is 0 Å². The summed E-state index contributed by atoms with van der Waals surface area (Å²) in [6.07, 6.45) is -6.81. The molecule has 4 aliphatic heterocycles. The maximum atomic E-state index is 14.6. The van der Waals surface area contributed by atoms with Crippen LogP contribution in [0.25, 0.3) is 0 Å². The number of fused-ring (bicyclic) bond motifs is 1. The van der Waals surface area contributed by atoms with Gasteiger partial charge >= 0.3 is 5.97 Å². The quantitative estimate of drug-likeness (QED) is 0.0650. The SMILES string of the molecule is CS.[3H]CSOC1C(O[C@@H]2[C@@H](C)[C@H](OC3CC(C)(OC)C(O[3H])C(C)O3)[C@@H](C)C(=O)O[C@H](CC)[C@@](C)(O)[C@H](O)[C@@H](C)/C(=N/OC3Sc4ccccc4S3)[C@H](C)C[C@@]2(C)O)OC(C)CC1N(C)C. The topological polar surface area (TPSA) is 187 Å². The van der Waals surface area contributed by atoms with Gasteiger partial charge in [-0.25, -0.2) is 0 Å². The van der Waals surface area contributed by atoms with Crippen LogP contribution in [0.1, 0.15) is 96.3 Å². The molecular weight excluding hydrogens is 917 g/mol. The van der Waals surface area contributed by atoms with Crippen LogP contribution in [-0.2, 0) is 42.2 Å². The number of likely N-dealkylation sites (N-methyl/N-ethyl adjacent to an activating group) is 1. The number of benzene rings is 1. The predicted molar refractivity (Wildman–Crippen MR) is 259 cm³/mol. The van der Waals surface area contributed by atoms with Crippen molar-refractivity contribution in [3.8, 4) is 0 Å². The fourth-order valence-corrected chi connectivity index (χ4v) is 12.5. The smallest absolute Gasteiger partial charge is 0.311 e. The Balaban J connectivity index is 0.00000483. The molecule has 4 heterocycles. The summed E-state index contributed by atoms with van der Waals surface area (Å²) in [7, 11) is 5.41. The van der Waals surface area contributed by atoms with E-state index in [0.29, 0.717) is 12.1 Å². The number of ether oxygens (including phenoxy) is 6. The Morgan fingerprint density at radius 3 is 2.20 bits per heavy atom. The maximum Gasteiger partial charge on any atom is 0.311 e. The fraction of sp³-hybridized carbons (Fsp3) is 0.826. The van der Waals surface area contributed by atoms with Gasteiger partial charge in [-0.2, -0.15) is 12.6 Å². The van der Waals surface area contributed by atoms with Gasteiger partial charge in [0.1, 0.15) is 23.9 Å². The van der Waals surface area contributed by atoms with Gasteiger partial charge < -0.3 is 62.8 Å². The number of thiol groups is 1. The Hall–Kier alpha value is -0.880. The molecule has 1 aromatic rings. The molecule has 3 saturated heterocycles. The van der Waals surface area contributed by atoms with Crippen molar-refractivity contribution in [3.05, 3.63) is 24.3 Å². The van der Waals surface area contributed by atoms with Crippen LogP contribution in [0.4, 0.5) is 0 Å². The van der Waals surface area contributed by atoms with Crippen LogP contribution in [-0.4, -0.2) is 161 Å². The van der Waals surface area contributed by atoms with Crippen LogP contribution in [0.3, 0.4) is 0 Å². The van der Waals surface area contributed by atoms with Crippen LogP contribution in [0.5, 0.6) is 0 Å². The van der Waals surface area contributed by atoms with Gasteiger partial charge in [0.25, 0.3) is 0 Å². The first-order chi connectivity index (χ1) is 31.5. The van der Waals surface area contributed by atoms with Crippen LogP contribution in [0.2, 0.25) is 0 Å². The number of nitrogens with zero attached hydrogens (tertiary/aromatic N) is 2. The molecule has 0 aromatic heterocycles. The number of cyclic esters (lactones) is 1. The Kier molecular flexibility index (Phi) is 20.0. The van der Waals surface area contributed by atoms with Crippen LogP contribution >= 0.6 is 48.2 Å². The molecule has 18 atom stereocenters. The van der Waals surface area contributed by atoms with E-state index in [2.05, 4.69) is 12.6 Å². The van der Waals surface area contributed by atoms with Crippen molar-refractivity contribution in [2.75, 3.05) is 33.7 Å². The second kappa shape index (κ2) is 24.3. The first-order valence-electron chi connectivity index (χ1n) is 23.6. The minimum absolute atomic E-state index is 0.00490. The van der Waals surface area contributed by atoms with Gasteiger partial charge in [0.05, 0.1) is 53.4 Å². The van der Waals surface area contributed by atoms with E-state index >= 15 is 0 Å². The predicted octanol–water partition coefficient (Wildman–Crippen LogP) is 6.62. The highest BCUT2D eigenvalue weighted by molar-refractivity contribution is 8.19. The molecule has 0 saturated carbocycles. The van der Waals surface area contributed by atoms with Crippen molar-refractivity contribution < 1.29 is 64.0 Å². The largest absolute Gasteiger partial charge is 0.459 e. The molecule has 3 fully saturated rings. The average molecular weight is 999 g/mol. The molecule has 8 unspecified atom stereocenters. The van der Waals surface area contributed by atoms with Gasteiger partial charge in [-0.15, -0.1) is 0 Å². The number of oxime groups is 1. The third-order valence-electron chi connectivity index (χ3n) is 13.5. The molecule has 4 aliphatic rings. The van der Waals surface area contributed by atoms with E-state index in [1.165, 1.54) is 37.6 Å². The van der Waals surface area contributed by atoms with Gasteiger partial charge in [0.15, 0.2) is 12.6 Å². The van der Waals surface area contributed by atoms with E-state index in [9.17, 15) is 20.1 Å². The lowest BCUT2D eigenvalue weighted by atomic mass is 9.73. The van der Waals surface area contributed by atoms with E-state index in [1.807, 2.05) is 64.0 Å². The molecule has 19 heteroatoms. The van der Waals surface area contributed by atoms with Crippen molar-refractivity contribution in [1.82, 2.24) is 4.90 Å². The summed E-state index contributed by atoms with van der Waals surface area (Å²) in [5.41, 5.74) is -4.36. The van der Waals surface area contributed by atoms with Gasteiger partial charge in [0, 0.05) is 54.7 Å². The number of thioether (sulfide) groups is 2. The number of rotatable bonds is 12. The number of hydrogen-bond donors (Lipinski definition) is 5. The molecule has 374 valence electrons. The van der Waals surface area contributed by atoms with E-state index < -0.39 is 107 Å². The van der Waals surface area contributed by atoms with Crippen molar-refractivity contribution >= 4 is 59.9 Å². The molecule has 0 amide bonds. The highest BCUT2D eigenvalue weighted by atomic mass is 32.2. The van der Waals surface area contributed by atoms with E-state index in [-0.39, 0.29) is 37.6 Å². The normalized spacial score (nSPS) is 43.4. The highest BCUT2D eigenvalue weighted by Gasteiger charge is 2.54. The lowest BCUT2D eigenvalue weighted by Crippen LogP contribution is -2.61. The fourth-order valence-electron chi connectivity index (χ4n) is 9.77. The minimum atomic E-state index is -1.96. The second-order valence-corrected chi connectivity index (χ2v) is 21.8. The van der Waals surface area contributed by atoms with Crippen LogP contribution in [0, 0.1) is 23.7 Å². The molecule has 1 aromatic carbocycles. The van der Waals surface area contributed by atoms with Crippen molar-refractivity contribution in [1.29, 1.82) is 1.43 Å². The summed E-state index contributed by atoms with van der Waals surface area (Å²) < 4.78 is 60.4. The molecule has 65 heavy (non-hydrogen) atoms. The number of methoxy groups -OCH3 is 1. The Labute approximate surface area is 408 Å². The standard InChI is InChI=1S/C45H74N2O13S3.CH4S/c1-15-32-45(10,52)37(48)25(4)34(46-59-42-62-30-18-16-17-19-31(30)63-42)23(2)21-43(8,51)39(58-41-36(60-61-14)29(47(11)12)20-24(3)54-41)26(5)35(27(6)40(50)56-32)57-33-22-44(9,53-13)38(49)28(7)55-33;1-2/h16-19,23-29,32-33,35-39,41-42,48-49,51-52H,15,20-22H2,1-14H3;2H,1H3/b46-34+;/t23-,24?,25+,26+,27-,28?,29?,32-,33?,35+,36?,37-,38?,39-,41?,43-,44?,45-;/m1./s1/i14T,49T;. The number of esters is 1. The monoisotopic (exact) mass is 998 g/mol. The van der Waals surface area contributed by atoms with Crippen molar-refractivity contribution in [2.24, 2.45) is 28.8 Å². The van der Waals surface area contributed by atoms with E-state index in [4.69, 9.17) is 50.5 Å². The molecule has 5 rings (SSSR count). The molecular formula is C46H78N2O13S4. The molecule has 0 radical (unpaired) electrons. The summed E-state index contributed by atoms with van der Waals surface area (Å²) in [5.74, 6) is -4.06.